The summed E-state index contributed by atoms with van der Waals surface area (Å²) >= 11 is 1.32. The minimum atomic E-state index is -0.150. The summed E-state index contributed by atoms with van der Waals surface area (Å²) < 4.78 is 5.46. The zero-order valence-corrected chi connectivity index (χ0v) is 13.2. The summed E-state index contributed by atoms with van der Waals surface area (Å²) in [5.74, 6) is 1.34. The molecule has 1 aliphatic heterocycles. The highest BCUT2D eigenvalue weighted by Gasteiger charge is 2.24. The van der Waals surface area contributed by atoms with Crippen LogP contribution in [0.3, 0.4) is 0 Å². The number of aliphatic imine (C=N–C) groups is 1. The number of benzene rings is 1. The SMILES string of the molecule is CCc1ccc(N=C2NC(=O)/C(=C\c3ccc(C)o3)S2)cc1. The lowest BCUT2D eigenvalue weighted by molar-refractivity contribution is -0.115. The van der Waals surface area contributed by atoms with Crippen molar-refractivity contribution in [2.45, 2.75) is 20.3 Å². The minimum absolute atomic E-state index is 0.150. The predicted octanol–water partition coefficient (Wildman–Crippen LogP) is 4.04. The number of amides is 1. The van der Waals surface area contributed by atoms with E-state index < -0.39 is 0 Å². The molecule has 2 aromatic rings. The molecule has 0 spiro atoms. The summed E-state index contributed by atoms with van der Waals surface area (Å²) in [6.45, 7) is 3.98. The van der Waals surface area contributed by atoms with Gasteiger partial charge >= 0.3 is 0 Å². The van der Waals surface area contributed by atoms with Gasteiger partial charge in [-0.3, -0.25) is 4.79 Å². The van der Waals surface area contributed by atoms with E-state index in [1.165, 1.54) is 17.3 Å². The molecule has 112 valence electrons. The lowest BCUT2D eigenvalue weighted by Gasteiger charge is -1.98. The number of thioether (sulfide) groups is 1. The monoisotopic (exact) mass is 312 g/mol. The van der Waals surface area contributed by atoms with E-state index in [1.54, 1.807) is 6.08 Å². The molecular weight excluding hydrogens is 296 g/mol. The summed E-state index contributed by atoms with van der Waals surface area (Å²) in [5.41, 5.74) is 2.09. The van der Waals surface area contributed by atoms with Gasteiger partial charge in [0.1, 0.15) is 11.5 Å². The molecule has 4 nitrogen and oxygen atoms in total. The van der Waals surface area contributed by atoms with Crippen LogP contribution in [0.15, 0.2) is 50.7 Å². The smallest absolute Gasteiger partial charge is 0.264 e. The number of nitrogens with one attached hydrogen (secondary N) is 1. The zero-order chi connectivity index (χ0) is 15.5. The van der Waals surface area contributed by atoms with Gasteiger partial charge in [0, 0.05) is 6.08 Å². The Morgan fingerprint density at radius 2 is 2.00 bits per heavy atom. The number of amidine groups is 1. The molecule has 3 rings (SSSR count). The van der Waals surface area contributed by atoms with Crippen molar-refractivity contribution in [2.75, 3.05) is 0 Å². The summed E-state index contributed by atoms with van der Waals surface area (Å²) in [5, 5.41) is 3.36. The third kappa shape index (κ3) is 3.31. The van der Waals surface area contributed by atoms with Gasteiger partial charge in [-0.05, 0) is 54.9 Å². The van der Waals surface area contributed by atoms with E-state index in [0.717, 1.165) is 17.9 Å². The highest BCUT2D eigenvalue weighted by Crippen LogP contribution is 2.28. The summed E-state index contributed by atoms with van der Waals surface area (Å²) in [7, 11) is 0. The molecule has 0 saturated carbocycles. The number of carbonyl (C=O) groups is 1. The molecule has 2 heterocycles. The summed E-state index contributed by atoms with van der Waals surface area (Å²) in [6.07, 6.45) is 2.73. The van der Waals surface area contributed by atoms with Gasteiger partial charge in [0.15, 0.2) is 5.17 Å². The average Bonchev–Trinajstić information content (AvgIpc) is 3.06. The minimum Gasteiger partial charge on any atom is -0.462 e. The van der Waals surface area contributed by atoms with E-state index in [9.17, 15) is 4.79 Å². The van der Waals surface area contributed by atoms with E-state index >= 15 is 0 Å². The highest BCUT2D eigenvalue weighted by atomic mass is 32.2. The van der Waals surface area contributed by atoms with Gasteiger partial charge in [-0.15, -0.1) is 0 Å². The number of furan rings is 1. The van der Waals surface area contributed by atoms with Crippen LogP contribution in [-0.2, 0) is 11.2 Å². The van der Waals surface area contributed by atoms with Gasteiger partial charge in [0.05, 0.1) is 10.6 Å². The largest absolute Gasteiger partial charge is 0.462 e. The van der Waals surface area contributed by atoms with Gasteiger partial charge in [0.2, 0.25) is 0 Å². The molecular formula is C17H16N2O2S. The fraction of sp³-hybridized carbons (Fsp3) is 0.176. The van der Waals surface area contributed by atoms with Gasteiger partial charge in [0.25, 0.3) is 5.91 Å². The Labute approximate surface area is 133 Å². The quantitative estimate of drug-likeness (QED) is 0.870. The Balaban J connectivity index is 1.78. The van der Waals surface area contributed by atoms with Crippen molar-refractivity contribution in [3.63, 3.8) is 0 Å². The number of aryl methyl sites for hydroxylation is 2. The molecule has 5 heteroatoms. The lowest BCUT2D eigenvalue weighted by Crippen LogP contribution is -2.19. The molecule has 0 bridgehead atoms. The Morgan fingerprint density at radius 3 is 2.64 bits per heavy atom. The highest BCUT2D eigenvalue weighted by molar-refractivity contribution is 8.18. The number of nitrogens with zero attached hydrogens (tertiary/aromatic N) is 1. The average molecular weight is 312 g/mol. The number of carbonyl (C=O) groups excluding carboxylic acids is 1. The maximum absolute atomic E-state index is 12.0. The molecule has 1 aromatic heterocycles. The van der Waals surface area contributed by atoms with Crippen LogP contribution in [0.25, 0.3) is 6.08 Å². The van der Waals surface area contributed by atoms with Crippen molar-refractivity contribution in [3.05, 3.63) is 58.4 Å². The Hall–Kier alpha value is -2.27. The van der Waals surface area contributed by atoms with Crippen LogP contribution in [0.5, 0.6) is 0 Å². The van der Waals surface area contributed by atoms with Crippen LogP contribution in [-0.4, -0.2) is 11.1 Å². The Bertz CT molecular complexity index is 757. The standard InChI is InChI=1S/C17H16N2O2S/c1-3-12-5-7-13(8-6-12)18-17-19-16(20)15(22-17)10-14-9-4-11(2)21-14/h4-10H,3H2,1-2H3,(H,18,19,20)/b15-10+. The molecule has 0 atom stereocenters. The maximum Gasteiger partial charge on any atom is 0.264 e. The van der Waals surface area contributed by atoms with Gasteiger partial charge < -0.3 is 9.73 Å². The molecule has 0 unspecified atom stereocenters. The fourth-order valence-electron chi connectivity index (χ4n) is 2.06. The maximum atomic E-state index is 12.0. The third-order valence-electron chi connectivity index (χ3n) is 3.26. The van der Waals surface area contributed by atoms with Crippen molar-refractivity contribution < 1.29 is 9.21 Å². The molecule has 1 aliphatic rings. The van der Waals surface area contributed by atoms with Gasteiger partial charge in [-0.2, -0.15) is 0 Å². The first kappa shape index (κ1) is 14.7. The van der Waals surface area contributed by atoms with Crippen molar-refractivity contribution in [1.82, 2.24) is 5.32 Å². The number of rotatable bonds is 3. The van der Waals surface area contributed by atoms with Crippen molar-refractivity contribution in [2.24, 2.45) is 4.99 Å². The second kappa shape index (κ2) is 6.23. The first-order valence-electron chi connectivity index (χ1n) is 7.09. The van der Waals surface area contributed by atoms with Crippen LogP contribution in [0.1, 0.15) is 24.0 Å². The molecule has 1 aromatic carbocycles. The van der Waals surface area contributed by atoms with Crippen molar-refractivity contribution in [3.8, 4) is 0 Å². The topological polar surface area (TPSA) is 54.6 Å². The van der Waals surface area contributed by atoms with E-state index in [0.29, 0.717) is 15.8 Å². The van der Waals surface area contributed by atoms with E-state index in [-0.39, 0.29) is 5.91 Å². The summed E-state index contributed by atoms with van der Waals surface area (Å²) in [6, 6.07) is 11.7. The molecule has 0 aliphatic carbocycles. The van der Waals surface area contributed by atoms with Crippen LogP contribution in [0.4, 0.5) is 5.69 Å². The van der Waals surface area contributed by atoms with Gasteiger partial charge in [-0.1, -0.05) is 19.1 Å². The molecule has 0 radical (unpaired) electrons. The number of hydrogen-bond donors (Lipinski definition) is 1. The lowest BCUT2D eigenvalue weighted by atomic mass is 10.2. The molecule has 1 N–H and O–H groups in total. The molecule has 22 heavy (non-hydrogen) atoms. The molecule has 1 amide bonds. The van der Waals surface area contributed by atoms with Crippen LogP contribution in [0.2, 0.25) is 0 Å². The van der Waals surface area contributed by atoms with E-state index in [1.807, 2.05) is 43.3 Å². The third-order valence-corrected chi connectivity index (χ3v) is 4.17. The Morgan fingerprint density at radius 1 is 1.23 bits per heavy atom. The van der Waals surface area contributed by atoms with Crippen LogP contribution < -0.4 is 5.32 Å². The van der Waals surface area contributed by atoms with Crippen molar-refractivity contribution >= 4 is 34.6 Å². The van der Waals surface area contributed by atoms with Gasteiger partial charge in [-0.25, -0.2) is 4.99 Å². The van der Waals surface area contributed by atoms with Crippen LogP contribution in [0, 0.1) is 6.92 Å². The van der Waals surface area contributed by atoms with E-state index in [2.05, 4.69) is 17.2 Å². The normalized spacial score (nSPS) is 18.2. The van der Waals surface area contributed by atoms with Crippen molar-refractivity contribution in [1.29, 1.82) is 0 Å². The first-order chi connectivity index (χ1) is 10.6. The molecule has 1 fully saturated rings. The summed E-state index contributed by atoms with van der Waals surface area (Å²) in [4.78, 5) is 17.0. The second-order valence-corrected chi connectivity index (χ2v) is 5.98. The number of hydrogen-bond acceptors (Lipinski definition) is 4. The zero-order valence-electron chi connectivity index (χ0n) is 12.4. The van der Waals surface area contributed by atoms with Crippen LogP contribution >= 0.6 is 11.8 Å². The fourth-order valence-corrected chi connectivity index (χ4v) is 2.89. The van der Waals surface area contributed by atoms with E-state index in [4.69, 9.17) is 4.42 Å². The second-order valence-electron chi connectivity index (χ2n) is 4.95. The molecule has 1 saturated heterocycles. The Kier molecular flexibility index (Phi) is 4.15. The predicted molar refractivity (Wildman–Crippen MR) is 90.1 cm³/mol. The first-order valence-corrected chi connectivity index (χ1v) is 7.90.